The van der Waals surface area contributed by atoms with Gasteiger partial charge >= 0.3 is 5.97 Å². The molecule has 0 radical (unpaired) electrons. The predicted octanol–water partition coefficient (Wildman–Crippen LogP) is 3.36. The first-order valence-electron chi connectivity index (χ1n) is 6.17. The van der Waals surface area contributed by atoms with Gasteiger partial charge in [-0.15, -0.1) is 0 Å². The highest BCUT2D eigenvalue weighted by Gasteiger charge is 2.15. The quantitative estimate of drug-likeness (QED) is 0.688. The van der Waals surface area contributed by atoms with Gasteiger partial charge in [-0.2, -0.15) is 0 Å². The summed E-state index contributed by atoms with van der Waals surface area (Å²) in [6, 6.07) is 8.48. The fraction of sp³-hybridized carbons (Fsp3) is 0.200. The number of carbonyl (C=O) groups excluding carboxylic acids is 2. The molecule has 1 aromatic heterocycles. The van der Waals surface area contributed by atoms with Gasteiger partial charge in [-0.05, 0) is 46.6 Å². The van der Waals surface area contributed by atoms with Crippen LogP contribution in [0.3, 0.4) is 0 Å². The van der Waals surface area contributed by atoms with Gasteiger partial charge in [0.25, 0.3) is 0 Å². The molecular weight excluding hydrogens is 322 g/mol. The number of benzene rings is 1. The molecule has 0 aliphatic rings. The number of aromatic amines is 1. The molecule has 104 valence electrons. The van der Waals surface area contributed by atoms with Gasteiger partial charge in [-0.25, -0.2) is 4.79 Å². The molecule has 4 nitrogen and oxygen atoms in total. The number of ether oxygens (including phenoxy) is 1. The summed E-state index contributed by atoms with van der Waals surface area (Å²) in [7, 11) is 1.32. The summed E-state index contributed by atoms with van der Waals surface area (Å²) in [4.78, 5) is 26.9. The molecule has 0 aliphatic carbocycles. The van der Waals surface area contributed by atoms with Crippen molar-refractivity contribution in [2.75, 3.05) is 7.11 Å². The number of nitrogens with one attached hydrogen (secondary N) is 1. The van der Waals surface area contributed by atoms with Gasteiger partial charge in [0, 0.05) is 15.7 Å². The zero-order valence-corrected chi connectivity index (χ0v) is 12.8. The Morgan fingerprint density at radius 3 is 2.55 bits per heavy atom. The number of halogens is 1. The molecule has 0 unspecified atom stereocenters. The molecular formula is C15H14BrNO3. The van der Waals surface area contributed by atoms with Crippen LogP contribution in [-0.4, -0.2) is 23.8 Å². The van der Waals surface area contributed by atoms with Crippen LogP contribution in [0.1, 0.15) is 39.0 Å². The first kappa shape index (κ1) is 14.5. The second-order valence-electron chi connectivity index (χ2n) is 4.27. The van der Waals surface area contributed by atoms with E-state index in [0.29, 0.717) is 21.3 Å². The van der Waals surface area contributed by atoms with Gasteiger partial charge < -0.3 is 9.72 Å². The first-order chi connectivity index (χ1) is 9.56. The Bertz CT molecular complexity index is 661. The van der Waals surface area contributed by atoms with E-state index in [9.17, 15) is 9.59 Å². The number of hydrogen-bond acceptors (Lipinski definition) is 3. The van der Waals surface area contributed by atoms with E-state index in [4.69, 9.17) is 0 Å². The number of aromatic nitrogens is 1. The van der Waals surface area contributed by atoms with Gasteiger partial charge in [0.05, 0.1) is 18.4 Å². The molecule has 1 heterocycles. The van der Waals surface area contributed by atoms with Crippen LogP contribution in [0, 0.1) is 0 Å². The Morgan fingerprint density at radius 2 is 2.00 bits per heavy atom. The molecule has 0 aliphatic heterocycles. The zero-order valence-electron chi connectivity index (χ0n) is 11.2. The van der Waals surface area contributed by atoms with E-state index in [1.54, 1.807) is 24.3 Å². The third-order valence-electron chi connectivity index (χ3n) is 3.01. The minimum Gasteiger partial charge on any atom is -0.465 e. The maximum Gasteiger partial charge on any atom is 0.339 e. The lowest BCUT2D eigenvalue weighted by Crippen LogP contribution is -2.06. The monoisotopic (exact) mass is 335 g/mol. The average molecular weight is 336 g/mol. The summed E-state index contributed by atoms with van der Waals surface area (Å²) in [6.45, 7) is 2.02. The Hall–Kier alpha value is -1.88. The lowest BCUT2D eigenvalue weighted by atomic mass is 10.1. The van der Waals surface area contributed by atoms with Crippen molar-refractivity contribution in [3.63, 3.8) is 0 Å². The van der Waals surface area contributed by atoms with Crippen LogP contribution < -0.4 is 0 Å². The highest BCUT2D eigenvalue weighted by molar-refractivity contribution is 9.10. The third-order valence-corrected chi connectivity index (χ3v) is 3.66. The van der Waals surface area contributed by atoms with Crippen molar-refractivity contribution < 1.29 is 14.3 Å². The second kappa shape index (κ2) is 6.05. The molecule has 5 heteroatoms. The average Bonchev–Trinajstić information content (AvgIpc) is 2.94. The topological polar surface area (TPSA) is 59.2 Å². The Balaban J connectivity index is 2.31. The molecule has 2 aromatic rings. The van der Waals surface area contributed by atoms with Crippen molar-refractivity contribution >= 4 is 27.7 Å². The van der Waals surface area contributed by atoms with Crippen molar-refractivity contribution in [1.29, 1.82) is 0 Å². The van der Waals surface area contributed by atoms with E-state index in [1.165, 1.54) is 7.11 Å². The maximum absolute atomic E-state index is 12.3. The molecule has 2 rings (SSSR count). The van der Waals surface area contributed by atoms with Gasteiger partial charge in [0.1, 0.15) is 0 Å². The molecule has 0 fully saturated rings. The molecule has 20 heavy (non-hydrogen) atoms. The van der Waals surface area contributed by atoms with Crippen molar-refractivity contribution in [3.05, 3.63) is 57.3 Å². The number of aryl methyl sites for hydroxylation is 1. The number of ketones is 1. The van der Waals surface area contributed by atoms with E-state index in [1.807, 2.05) is 13.0 Å². The molecule has 0 saturated carbocycles. The van der Waals surface area contributed by atoms with Crippen molar-refractivity contribution in [3.8, 4) is 0 Å². The van der Waals surface area contributed by atoms with Gasteiger partial charge in [0.2, 0.25) is 5.78 Å². The zero-order chi connectivity index (χ0) is 14.7. The standard InChI is InChI=1S/C15H14BrNO3/c1-3-10-5-7-13(17-10)14(18)9-4-6-11(12(16)8-9)15(19)20-2/h4-8,17H,3H2,1-2H3. The van der Waals surface area contributed by atoms with Crippen LogP contribution in [0.15, 0.2) is 34.8 Å². The lowest BCUT2D eigenvalue weighted by Gasteiger charge is -2.05. The number of esters is 1. The van der Waals surface area contributed by atoms with Gasteiger partial charge in [0.15, 0.2) is 0 Å². The van der Waals surface area contributed by atoms with Crippen LogP contribution in [0.4, 0.5) is 0 Å². The minimum atomic E-state index is -0.441. The maximum atomic E-state index is 12.3. The fourth-order valence-corrected chi connectivity index (χ4v) is 2.41. The van der Waals surface area contributed by atoms with E-state index in [2.05, 4.69) is 25.7 Å². The Labute approximate surface area is 125 Å². The van der Waals surface area contributed by atoms with E-state index >= 15 is 0 Å². The first-order valence-corrected chi connectivity index (χ1v) is 6.96. The molecule has 1 N–H and O–H groups in total. The number of carbonyl (C=O) groups is 2. The lowest BCUT2D eigenvalue weighted by molar-refractivity contribution is 0.0599. The molecule has 0 spiro atoms. The molecule has 0 bridgehead atoms. The van der Waals surface area contributed by atoms with E-state index < -0.39 is 5.97 Å². The summed E-state index contributed by atoms with van der Waals surface area (Å²) in [5.74, 6) is -0.550. The fourth-order valence-electron chi connectivity index (χ4n) is 1.87. The molecule has 0 amide bonds. The Morgan fingerprint density at radius 1 is 1.25 bits per heavy atom. The van der Waals surface area contributed by atoms with Crippen molar-refractivity contribution in [2.45, 2.75) is 13.3 Å². The summed E-state index contributed by atoms with van der Waals surface area (Å²) < 4.78 is 5.20. The number of rotatable bonds is 4. The second-order valence-corrected chi connectivity index (χ2v) is 5.12. The van der Waals surface area contributed by atoms with Crippen LogP contribution in [0.5, 0.6) is 0 Å². The normalized spacial score (nSPS) is 10.3. The summed E-state index contributed by atoms with van der Waals surface area (Å²) in [5.41, 5.74) is 2.46. The highest BCUT2D eigenvalue weighted by atomic mass is 79.9. The van der Waals surface area contributed by atoms with Crippen LogP contribution in [0.2, 0.25) is 0 Å². The predicted molar refractivity (Wildman–Crippen MR) is 79.1 cm³/mol. The summed E-state index contributed by atoms with van der Waals surface area (Å²) >= 11 is 3.29. The van der Waals surface area contributed by atoms with Gasteiger partial charge in [-0.1, -0.05) is 13.0 Å². The third kappa shape index (κ3) is 2.82. The Kier molecular flexibility index (Phi) is 4.39. The van der Waals surface area contributed by atoms with Crippen molar-refractivity contribution in [2.24, 2.45) is 0 Å². The largest absolute Gasteiger partial charge is 0.465 e. The minimum absolute atomic E-state index is 0.109. The summed E-state index contributed by atoms with van der Waals surface area (Å²) in [5, 5.41) is 0. The smallest absolute Gasteiger partial charge is 0.339 e. The van der Waals surface area contributed by atoms with Gasteiger partial charge in [-0.3, -0.25) is 4.79 Å². The molecule has 0 atom stereocenters. The van der Waals surface area contributed by atoms with E-state index in [-0.39, 0.29) is 5.78 Å². The molecule has 1 aromatic carbocycles. The number of H-pyrrole nitrogens is 1. The van der Waals surface area contributed by atoms with E-state index in [0.717, 1.165) is 12.1 Å². The van der Waals surface area contributed by atoms with Crippen LogP contribution >= 0.6 is 15.9 Å². The number of hydrogen-bond donors (Lipinski definition) is 1. The van der Waals surface area contributed by atoms with Crippen LogP contribution in [0.25, 0.3) is 0 Å². The number of methoxy groups -OCH3 is 1. The molecule has 0 saturated heterocycles. The SMILES string of the molecule is CCc1ccc(C(=O)c2ccc(C(=O)OC)c(Br)c2)[nH]1. The summed E-state index contributed by atoms with van der Waals surface area (Å²) in [6.07, 6.45) is 0.845. The van der Waals surface area contributed by atoms with Crippen molar-refractivity contribution in [1.82, 2.24) is 4.98 Å². The highest BCUT2D eigenvalue weighted by Crippen LogP contribution is 2.21. The van der Waals surface area contributed by atoms with Crippen LogP contribution in [-0.2, 0) is 11.2 Å².